The smallest absolute Gasteiger partial charge is 0.317 e. The lowest BCUT2D eigenvalue weighted by atomic mass is 9.96. The van der Waals surface area contributed by atoms with Crippen molar-refractivity contribution in [3.63, 3.8) is 0 Å². The van der Waals surface area contributed by atoms with Gasteiger partial charge in [0.25, 0.3) is 0 Å². The largest absolute Gasteiger partial charge is 0.481 e. The molecule has 2 atom stereocenters. The van der Waals surface area contributed by atoms with Gasteiger partial charge in [-0.2, -0.15) is 0 Å². The minimum Gasteiger partial charge on any atom is -0.481 e. The van der Waals surface area contributed by atoms with Crippen LogP contribution in [0.3, 0.4) is 0 Å². The first-order valence-electron chi connectivity index (χ1n) is 6.03. The molecule has 0 spiro atoms. The molecule has 0 aliphatic carbocycles. The van der Waals surface area contributed by atoms with Gasteiger partial charge in [-0.1, -0.05) is 20.8 Å². The summed E-state index contributed by atoms with van der Waals surface area (Å²) in [5.41, 5.74) is 0.00443. The molecule has 2 amide bonds. The van der Waals surface area contributed by atoms with Crippen LogP contribution in [0, 0.1) is 11.3 Å². The van der Waals surface area contributed by atoms with Crippen LogP contribution in [0.1, 0.15) is 20.8 Å². The first-order chi connectivity index (χ1) is 8.20. The molecule has 1 fully saturated rings. The van der Waals surface area contributed by atoms with E-state index in [1.165, 1.54) is 0 Å². The van der Waals surface area contributed by atoms with Crippen LogP contribution < -0.4 is 5.32 Å². The molecule has 2 N–H and O–H groups in total. The predicted molar refractivity (Wildman–Crippen MR) is 66.3 cm³/mol. The van der Waals surface area contributed by atoms with Gasteiger partial charge >= 0.3 is 12.0 Å². The van der Waals surface area contributed by atoms with Gasteiger partial charge in [0.2, 0.25) is 0 Å². The lowest BCUT2D eigenvalue weighted by molar-refractivity contribution is -0.142. The van der Waals surface area contributed by atoms with Crippen molar-refractivity contribution in [3.05, 3.63) is 0 Å². The number of carboxylic acids is 1. The maximum atomic E-state index is 11.9. The highest BCUT2D eigenvalue weighted by Crippen LogP contribution is 2.16. The Labute approximate surface area is 107 Å². The number of hydrogen-bond acceptors (Lipinski definition) is 3. The summed E-state index contributed by atoms with van der Waals surface area (Å²) >= 11 is 0. The van der Waals surface area contributed by atoms with E-state index in [1.54, 1.807) is 11.9 Å². The summed E-state index contributed by atoms with van der Waals surface area (Å²) in [6.07, 6.45) is 0. The van der Waals surface area contributed by atoms with Crippen molar-refractivity contribution in [2.45, 2.75) is 26.8 Å². The minimum absolute atomic E-state index is 0.00443. The highest BCUT2D eigenvalue weighted by molar-refractivity contribution is 5.77. The Morgan fingerprint density at radius 3 is 2.50 bits per heavy atom. The van der Waals surface area contributed by atoms with E-state index in [1.807, 2.05) is 20.8 Å². The summed E-state index contributed by atoms with van der Waals surface area (Å²) in [6.45, 7) is 7.13. The molecule has 6 heteroatoms. The fraction of sp³-hybridized carbons (Fsp3) is 0.833. The van der Waals surface area contributed by atoms with E-state index in [0.717, 1.165) is 0 Å². The van der Waals surface area contributed by atoms with Crippen molar-refractivity contribution in [2.75, 3.05) is 26.8 Å². The maximum absolute atomic E-state index is 11.9. The normalized spacial score (nSPS) is 23.8. The van der Waals surface area contributed by atoms with Crippen LogP contribution >= 0.6 is 0 Å². The topological polar surface area (TPSA) is 78.9 Å². The van der Waals surface area contributed by atoms with Crippen molar-refractivity contribution in [2.24, 2.45) is 11.3 Å². The summed E-state index contributed by atoms with van der Waals surface area (Å²) < 4.78 is 5.10. The number of nitrogens with zero attached hydrogens (tertiary/aromatic N) is 1. The second kappa shape index (κ2) is 5.56. The molecule has 0 aromatic rings. The van der Waals surface area contributed by atoms with E-state index in [0.29, 0.717) is 6.54 Å². The Balaban J connectivity index is 2.51. The molecule has 1 heterocycles. The molecule has 1 rings (SSSR count). The van der Waals surface area contributed by atoms with Gasteiger partial charge in [-0.25, -0.2) is 4.79 Å². The van der Waals surface area contributed by atoms with Crippen LogP contribution in [-0.2, 0) is 9.53 Å². The molecule has 6 nitrogen and oxygen atoms in total. The third-order valence-corrected chi connectivity index (χ3v) is 2.76. The molecule has 18 heavy (non-hydrogen) atoms. The number of carboxylic acid groups (broad SMARTS) is 1. The fourth-order valence-electron chi connectivity index (χ4n) is 1.99. The summed E-state index contributed by atoms with van der Waals surface area (Å²) in [4.78, 5) is 24.4. The van der Waals surface area contributed by atoms with Crippen LogP contribution in [0.2, 0.25) is 0 Å². The second-order valence-electron chi connectivity index (χ2n) is 5.95. The van der Waals surface area contributed by atoms with Crippen LogP contribution in [-0.4, -0.2) is 54.9 Å². The summed E-state index contributed by atoms with van der Waals surface area (Å²) in [5, 5.41) is 11.7. The van der Waals surface area contributed by atoms with Gasteiger partial charge in [-0.05, 0) is 5.41 Å². The van der Waals surface area contributed by atoms with Gasteiger partial charge in [0.1, 0.15) is 5.92 Å². The molecule has 1 saturated heterocycles. The quantitative estimate of drug-likeness (QED) is 0.784. The highest BCUT2D eigenvalue weighted by Gasteiger charge is 2.35. The SMILES string of the molecule is CN(CC(C)(C)C)C(=O)NC1COCC1C(=O)O. The Morgan fingerprint density at radius 1 is 1.39 bits per heavy atom. The average molecular weight is 258 g/mol. The number of carbonyl (C=O) groups excluding carboxylic acids is 1. The number of hydrogen-bond donors (Lipinski definition) is 2. The lowest BCUT2D eigenvalue weighted by Gasteiger charge is -2.28. The zero-order chi connectivity index (χ0) is 13.9. The van der Waals surface area contributed by atoms with Crippen molar-refractivity contribution in [1.29, 1.82) is 0 Å². The molecule has 0 aromatic carbocycles. The molecule has 0 aromatic heterocycles. The third kappa shape index (κ3) is 4.18. The Hall–Kier alpha value is -1.30. The van der Waals surface area contributed by atoms with Crippen molar-refractivity contribution in [3.8, 4) is 0 Å². The molecule has 1 aliphatic rings. The number of aliphatic carboxylic acids is 1. The van der Waals surface area contributed by atoms with E-state index < -0.39 is 17.9 Å². The average Bonchev–Trinajstić information content (AvgIpc) is 2.62. The van der Waals surface area contributed by atoms with E-state index in [4.69, 9.17) is 9.84 Å². The minimum atomic E-state index is -0.934. The second-order valence-corrected chi connectivity index (χ2v) is 5.95. The summed E-state index contributed by atoms with van der Waals surface area (Å²) in [6, 6.07) is -0.705. The molecular formula is C12H22N2O4. The van der Waals surface area contributed by atoms with Crippen LogP contribution in [0.5, 0.6) is 0 Å². The maximum Gasteiger partial charge on any atom is 0.317 e. The summed E-state index contributed by atoms with van der Waals surface area (Å²) in [5.74, 6) is -1.59. The monoisotopic (exact) mass is 258 g/mol. The molecule has 104 valence electrons. The first-order valence-corrected chi connectivity index (χ1v) is 6.03. The number of amides is 2. The highest BCUT2D eigenvalue weighted by atomic mass is 16.5. The van der Waals surface area contributed by atoms with Gasteiger partial charge in [0.15, 0.2) is 0 Å². The molecule has 0 saturated carbocycles. The van der Waals surface area contributed by atoms with Crippen molar-refractivity contribution >= 4 is 12.0 Å². The van der Waals surface area contributed by atoms with Crippen molar-refractivity contribution < 1.29 is 19.4 Å². The van der Waals surface area contributed by atoms with Crippen LogP contribution in [0.4, 0.5) is 4.79 Å². The van der Waals surface area contributed by atoms with Gasteiger partial charge < -0.3 is 20.1 Å². The van der Waals surface area contributed by atoms with Gasteiger partial charge in [-0.15, -0.1) is 0 Å². The van der Waals surface area contributed by atoms with E-state index in [2.05, 4.69) is 5.32 Å². The number of urea groups is 1. The van der Waals surface area contributed by atoms with Crippen LogP contribution in [0.15, 0.2) is 0 Å². The van der Waals surface area contributed by atoms with E-state index in [-0.39, 0.29) is 24.7 Å². The molecule has 2 unspecified atom stereocenters. The zero-order valence-electron chi connectivity index (χ0n) is 11.4. The first kappa shape index (κ1) is 14.8. The Morgan fingerprint density at radius 2 is 2.00 bits per heavy atom. The third-order valence-electron chi connectivity index (χ3n) is 2.76. The molecular weight excluding hydrogens is 236 g/mol. The van der Waals surface area contributed by atoms with E-state index >= 15 is 0 Å². The molecule has 0 bridgehead atoms. The molecule has 1 aliphatic heterocycles. The van der Waals surface area contributed by atoms with Gasteiger partial charge in [-0.3, -0.25) is 4.79 Å². The Kier molecular flexibility index (Phi) is 4.56. The number of ether oxygens (including phenoxy) is 1. The lowest BCUT2D eigenvalue weighted by Crippen LogP contribution is -2.49. The van der Waals surface area contributed by atoms with E-state index in [9.17, 15) is 9.59 Å². The number of carbonyl (C=O) groups is 2. The fourth-order valence-corrected chi connectivity index (χ4v) is 1.99. The zero-order valence-corrected chi connectivity index (χ0v) is 11.4. The number of rotatable bonds is 3. The van der Waals surface area contributed by atoms with Gasteiger partial charge in [0, 0.05) is 13.6 Å². The van der Waals surface area contributed by atoms with Gasteiger partial charge in [0.05, 0.1) is 19.3 Å². The predicted octanol–water partition coefficient (Wildman–Crippen LogP) is 0.773. The number of nitrogens with one attached hydrogen (secondary N) is 1. The standard InChI is InChI=1S/C12H22N2O4/c1-12(2,3)7-14(4)11(17)13-9-6-18-5-8(9)10(15)16/h8-9H,5-7H2,1-4H3,(H,13,17)(H,15,16). The molecule has 0 radical (unpaired) electrons. The van der Waals surface area contributed by atoms with Crippen LogP contribution in [0.25, 0.3) is 0 Å². The van der Waals surface area contributed by atoms with Crippen molar-refractivity contribution in [1.82, 2.24) is 10.2 Å². The summed E-state index contributed by atoms with van der Waals surface area (Å²) in [7, 11) is 1.70. The Bertz CT molecular complexity index is 325.